The van der Waals surface area contributed by atoms with Crippen molar-refractivity contribution in [3.63, 3.8) is 0 Å². The molecule has 0 aromatic heterocycles. The molecule has 0 fully saturated rings. The van der Waals surface area contributed by atoms with Crippen LogP contribution >= 0.6 is 0 Å². The van der Waals surface area contributed by atoms with Crippen LogP contribution in [-0.4, -0.2) is 15.9 Å². The van der Waals surface area contributed by atoms with Crippen LogP contribution in [0.15, 0.2) is 23.1 Å². The lowest BCUT2D eigenvalue weighted by Crippen LogP contribution is -2.10. The van der Waals surface area contributed by atoms with Crippen LogP contribution in [0.3, 0.4) is 0 Å². The maximum atomic E-state index is 12.8. The predicted molar refractivity (Wildman–Crippen MR) is 50.9 cm³/mol. The molecule has 1 aromatic rings. The van der Waals surface area contributed by atoms with Gasteiger partial charge in [-0.1, -0.05) is 0 Å². The molecule has 1 aliphatic rings. The predicted octanol–water partition coefficient (Wildman–Crippen LogP) is 1.28. The molecule has 14 heavy (non-hydrogen) atoms. The smallest absolute Gasteiger partial charge is 0.225 e. The van der Waals surface area contributed by atoms with Crippen molar-refractivity contribution in [2.45, 2.75) is 11.3 Å². The van der Waals surface area contributed by atoms with Crippen LogP contribution in [0.2, 0.25) is 0 Å². The van der Waals surface area contributed by atoms with Crippen molar-refractivity contribution in [2.75, 3.05) is 11.1 Å². The number of nitrogens with one attached hydrogen (secondary N) is 1. The summed E-state index contributed by atoms with van der Waals surface area (Å²) in [6.45, 7) is 0. The van der Waals surface area contributed by atoms with Gasteiger partial charge in [0.15, 0.2) is 0 Å². The third-order valence-corrected chi connectivity index (χ3v) is 3.40. The fraction of sp³-hybridized carbons (Fsp3) is 0.222. The minimum Gasteiger partial charge on any atom is -0.325 e. The van der Waals surface area contributed by atoms with E-state index in [-0.39, 0.29) is 12.3 Å². The number of amides is 1. The maximum absolute atomic E-state index is 12.8. The highest BCUT2D eigenvalue weighted by Crippen LogP contribution is 2.24. The van der Waals surface area contributed by atoms with Crippen molar-refractivity contribution >= 4 is 22.4 Å². The molecule has 0 saturated heterocycles. The molecule has 0 saturated carbocycles. The second-order valence-electron chi connectivity index (χ2n) is 2.99. The van der Waals surface area contributed by atoms with E-state index in [1.807, 2.05) is 0 Å². The molecule has 1 unspecified atom stereocenters. The Morgan fingerprint density at radius 2 is 2.21 bits per heavy atom. The molecular formula is C9H8FNO2S. The number of rotatable bonds is 0. The minimum absolute atomic E-state index is 0.211. The molecule has 1 heterocycles. The Morgan fingerprint density at radius 3 is 3.00 bits per heavy atom. The van der Waals surface area contributed by atoms with Crippen LogP contribution < -0.4 is 5.32 Å². The van der Waals surface area contributed by atoms with Gasteiger partial charge in [-0.3, -0.25) is 9.00 Å². The number of hydrogen-bond acceptors (Lipinski definition) is 2. The average Bonchev–Trinajstić information content (AvgIpc) is 2.26. The van der Waals surface area contributed by atoms with E-state index in [0.29, 0.717) is 16.3 Å². The van der Waals surface area contributed by atoms with Crippen LogP contribution in [0.5, 0.6) is 0 Å². The topological polar surface area (TPSA) is 46.2 Å². The number of halogens is 1. The highest BCUT2D eigenvalue weighted by Gasteiger charge is 2.18. The summed E-state index contributed by atoms with van der Waals surface area (Å²) in [5, 5.41) is 2.52. The largest absolute Gasteiger partial charge is 0.325 e. The van der Waals surface area contributed by atoms with Crippen molar-refractivity contribution in [1.82, 2.24) is 0 Å². The van der Waals surface area contributed by atoms with Gasteiger partial charge in [-0.2, -0.15) is 0 Å². The quantitative estimate of drug-likeness (QED) is 0.705. The number of hydrogen-bond donors (Lipinski definition) is 1. The van der Waals surface area contributed by atoms with Crippen LogP contribution in [0.4, 0.5) is 10.1 Å². The number of anilines is 1. The number of carbonyl (C=O) groups is 1. The van der Waals surface area contributed by atoms with E-state index in [1.54, 1.807) is 0 Å². The van der Waals surface area contributed by atoms with Crippen LogP contribution in [0.1, 0.15) is 6.42 Å². The van der Waals surface area contributed by atoms with Gasteiger partial charge in [0.05, 0.1) is 21.4 Å². The molecule has 5 heteroatoms. The second-order valence-corrected chi connectivity index (χ2v) is 4.53. The molecule has 1 N–H and O–H groups in total. The van der Waals surface area contributed by atoms with Gasteiger partial charge in [-0.15, -0.1) is 0 Å². The van der Waals surface area contributed by atoms with Crippen molar-refractivity contribution in [1.29, 1.82) is 0 Å². The Kier molecular flexibility index (Phi) is 2.33. The first kappa shape index (κ1) is 9.33. The molecule has 0 aliphatic carbocycles. The summed E-state index contributed by atoms with van der Waals surface area (Å²) in [5.74, 6) is -0.365. The second kappa shape index (κ2) is 3.49. The van der Waals surface area contributed by atoms with Gasteiger partial charge in [0.1, 0.15) is 5.82 Å². The van der Waals surface area contributed by atoms with Gasteiger partial charge in [-0.25, -0.2) is 4.39 Å². The number of fused-ring (bicyclic) bond motifs is 1. The van der Waals surface area contributed by atoms with Crippen molar-refractivity contribution in [2.24, 2.45) is 0 Å². The lowest BCUT2D eigenvalue weighted by molar-refractivity contribution is -0.115. The molecule has 1 atom stereocenters. The highest BCUT2D eigenvalue weighted by molar-refractivity contribution is 7.85. The summed E-state index contributed by atoms with van der Waals surface area (Å²) < 4.78 is 24.4. The summed E-state index contributed by atoms with van der Waals surface area (Å²) in [5.41, 5.74) is 0.325. The highest BCUT2D eigenvalue weighted by atomic mass is 32.2. The number of carbonyl (C=O) groups excluding carboxylic acids is 1. The van der Waals surface area contributed by atoms with Crippen LogP contribution in [0.25, 0.3) is 0 Å². The van der Waals surface area contributed by atoms with Gasteiger partial charge >= 0.3 is 0 Å². The van der Waals surface area contributed by atoms with Crippen molar-refractivity contribution in [3.8, 4) is 0 Å². The van der Waals surface area contributed by atoms with Gasteiger partial charge in [0.25, 0.3) is 0 Å². The fourth-order valence-electron chi connectivity index (χ4n) is 1.31. The third-order valence-electron chi connectivity index (χ3n) is 1.98. The maximum Gasteiger partial charge on any atom is 0.225 e. The zero-order valence-corrected chi connectivity index (χ0v) is 8.07. The van der Waals surface area contributed by atoms with E-state index in [4.69, 9.17) is 0 Å². The van der Waals surface area contributed by atoms with E-state index < -0.39 is 16.6 Å². The molecule has 2 rings (SSSR count). The SMILES string of the molecule is O=C1CCS(=O)c2ccc(F)cc2N1. The Labute approximate surface area is 82.8 Å². The molecule has 74 valence electrons. The normalized spacial score (nSPS) is 20.9. The summed E-state index contributed by atoms with van der Waals surface area (Å²) in [6.07, 6.45) is 0.211. The average molecular weight is 213 g/mol. The van der Waals surface area contributed by atoms with E-state index in [9.17, 15) is 13.4 Å². The lowest BCUT2D eigenvalue weighted by atomic mass is 10.3. The van der Waals surface area contributed by atoms with Crippen molar-refractivity contribution < 1.29 is 13.4 Å². The zero-order valence-electron chi connectivity index (χ0n) is 7.25. The number of benzene rings is 1. The summed E-state index contributed by atoms with van der Waals surface area (Å²) in [6, 6.07) is 3.89. The van der Waals surface area contributed by atoms with Crippen molar-refractivity contribution in [3.05, 3.63) is 24.0 Å². The monoisotopic (exact) mass is 213 g/mol. The van der Waals surface area contributed by atoms with E-state index >= 15 is 0 Å². The van der Waals surface area contributed by atoms with E-state index in [0.717, 1.165) is 0 Å². The van der Waals surface area contributed by atoms with Gasteiger partial charge in [-0.05, 0) is 18.2 Å². The van der Waals surface area contributed by atoms with Crippen LogP contribution in [-0.2, 0) is 15.6 Å². The molecule has 0 spiro atoms. The first-order valence-electron chi connectivity index (χ1n) is 4.14. The molecule has 1 aliphatic heterocycles. The third kappa shape index (κ3) is 1.68. The Morgan fingerprint density at radius 1 is 1.43 bits per heavy atom. The summed E-state index contributed by atoms with van der Waals surface area (Å²) in [7, 11) is -1.21. The van der Waals surface area contributed by atoms with Gasteiger partial charge in [0, 0.05) is 12.2 Å². The van der Waals surface area contributed by atoms with Gasteiger partial charge < -0.3 is 5.32 Å². The summed E-state index contributed by atoms with van der Waals surface area (Å²) >= 11 is 0. The lowest BCUT2D eigenvalue weighted by Gasteiger charge is -2.04. The fourth-order valence-corrected chi connectivity index (χ4v) is 2.47. The standard InChI is InChI=1S/C9H8FNO2S/c10-6-1-2-8-7(5-6)11-9(12)3-4-14(8)13/h1-2,5H,3-4H2,(H,11,12). The zero-order chi connectivity index (χ0) is 10.1. The minimum atomic E-state index is -1.21. The first-order valence-corrected chi connectivity index (χ1v) is 5.46. The molecule has 0 bridgehead atoms. The molecule has 1 amide bonds. The first-order chi connectivity index (χ1) is 6.66. The summed E-state index contributed by atoms with van der Waals surface area (Å²) in [4.78, 5) is 11.6. The van der Waals surface area contributed by atoms with Crippen LogP contribution in [0, 0.1) is 5.82 Å². The molecule has 0 radical (unpaired) electrons. The molecule has 3 nitrogen and oxygen atoms in total. The molecular weight excluding hydrogens is 205 g/mol. The van der Waals surface area contributed by atoms with E-state index in [2.05, 4.69) is 5.32 Å². The Hall–Kier alpha value is -1.23. The molecule has 1 aromatic carbocycles. The van der Waals surface area contributed by atoms with E-state index in [1.165, 1.54) is 18.2 Å². The Bertz CT molecular complexity index is 419. The van der Waals surface area contributed by atoms with Gasteiger partial charge in [0.2, 0.25) is 5.91 Å². The Balaban J connectivity index is 2.52.